The minimum Gasteiger partial charge on any atom is -0.395 e. The Morgan fingerprint density at radius 2 is 2.41 bits per heavy atom. The van der Waals surface area contributed by atoms with Crippen LogP contribution in [0.15, 0.2) is 6.07 Å². The summed E-state index contributed by atoms with van der Waals surface area (Å²) in [4.78, 5) is 2.27. The van der Waals surface area contributed by atoms with Gasteiger partial charge in [-0.25, -0.2) is 0 Å². The van der Waals surface area contributed by atoms with Crippen LogP contribution in [0.5, 0.6) is 0 Å². The molecule has 5 nitrogen and oxygen atoms in total. The smallest absolute Gasteiger partial charge is 0.0645 e. The maximum absolute atomic E-state index is 9.33. The zero-order valence-electron chi connectivity index (χ0n) is 10.6. The van der Waals surface area contributed by atoms with Gasteiger partial charge in [-0.2, -0.15) is 5.10 Å². The van der Waals surface area contributed by atoms with E-state index < -0.39 is 0 Å². The quantitative estimate of drug-likeness (QED) is 0.826. The van der Waals surface area contributed by atoms with Crippen LogP contribution in [0.4, 0.5) is 0 Å². The first-order valence-corrected chi connectivity index (χ1v) is 6.20. The number of aliphatic hydroxyl groups is 1. The second kappa shape index (κ2) is 5.62. The monoisotopic (exact) mass is 239 g/mol. The maximum atomic E-state index is 9.33. The molecule has 1 aliphatic rings. The Labute approximate surface area is 102 Å². The fourth-order valence-corrected chi connectivity index (χ4v) is 2.27. The van der Waals surface area contributed by atoms with Gasteiger partial charge in [-0.15, -0.1) is 0 Å². The van der Waals surface area contributed by atoms with Crippen molar-refractivity contribution in [2.45, 2.75) is 33.0 Å². The van der Waals surface area contributed by atoms with Crippen molar-refractivity contribution >= 4 is 0 Å². The van der Waals surface area contributed by atoms with E-state index in [2.05, 4.69) is 23.0 Å². The van der Waals surface area contributed by atoms with Crippen LogP contribution in [0.1, 0.15) is 18.3 Å². The molecular weight excluding hydrogens is 218 g/mol. The zero-order chi connectivity index (χ0) is 12.3. The summed E-state index contributed by atoms with van der Waals surface area (Å²) in [6, 6.07) is 2.23. The molecule has 0 aliphatic carbocycles. The molecule has 0 amide bonds. The second-order valence-electron chi connectivity index (χ2n) is 4.47. The summed E-state index contributed by atoms with van der Waals surface area (Å²) < 4.78 is 7.41. The third-order valence-electron chi connectivity index (χ3n) is 3.21. The number of hydrogen-bond donors (Lipinski definition) is 1. The van der Waals surface area contributed by atoms with Crippen LogP contribution in [0.3, 0.4) is 0 Å². The fraction of sp³-hybridized carbons (Fsp3) is 0.750. The van der Waals surface area contributed by atoms with Gasteiger partial charge in [0, 0.05) is 19.6 Å². The Morgan fingerprint density at radius 3 is 3.12 bits per heavy atom. The molecule has 1 N–H and O–H groups in total. The van der Waals surface area contributed by atoms with Crippen molar-refractivity contribution in [2.24, 2.45) is 0 Å². The average molecular weight is 239 g/mol. The number of morpholine rings is 1. The molecule has 0 aromatic carbocycles. The highest BCUT2D eigenvalue weighted by Gasteiger charge is 2.23. The lowest BCUT2D eigenvalue weighted by atomic mass is 10.2. The van der Waals surface area contributed by atoms with Crippen molar-refractivity contribution < 1.29 is 9.84 Å². The molecule has 0 bridgehead atoms. The normalized spacial score (nSPS) is 21.9. The van der Waals surface area contributed by atoms with E-state index in [4.69, 9.17) is 4.74 Å². The SMILES string of the molecule is CCn1nc(C)cc1CN1CCOCC1CO. The summed E-state index contributed by atoms with van der Waals surface area (Å²) in [5, 5.41) is 13.8. The maximum Gasteiger partial charge on any atom is 0.0645 e. The van der Waals surface area contributed by atoms with Crippen molar-refractivity contribution in [3.05, 3.63) is 17.5 Å². The molecule has 1 aromatic rings. The highest BCUT2D eigenvalue weighted by molar-refractivity contribution is 5.09. The molecule has 0 spiro atoms. The first kappa shape index (κ1) is 12.5. The van der Waals surface area contributed by atoms with E-state index >= 15 is 0 Å². The number of aromatic nitrogens is 2. The van der Waals surface area contributed by atoms with Crippen LogP contribution in [0.25, 0.3) is 0 Å². The standard InChI is InChI=1S/C12H21N3O2/c1-3-15-11(6-10(2)13-15)7-14-4-5-17-9-12(14)8-16/h6,12,16H,3-5,7-9H2,1-2H3. The van der Waals surface area contributed by atoms with E-state index in [9.17, 15) is 5.11 Å². The average Bonchev–Trinajstić information content (AvgIpc) is 2.70. The van der Waals surface area contributed by atoms with Gasteiger partial charge in [-0.1, -0.05) is 0 Å². The van der Waals surface area contributed by atoms with Crippen molar-refractivity contribution in [3.63, 3.8) is 0 Å². The van der Waals surface area contributed by atoms with Gasteiger partial charge in [0.05, 0.1) is 37.3 Å². The Bertz CT molecular complexity index is 365. The van der Waals surface area contributed by atoms with Crippen molar-refractivity contribution in [2.75, 3.05) is 26.4 Å². The van der Waals surface area contributed by atoms with Crippen LogP contribution in [-0.4, -0.2) is 52.2 Å². The Hall–Kier alpha value is -0.910. The molecule has 5 heteroatoms. The number of aryl methyl sites for hydroxylation is 2. The van der Waals surface area contributed by atoms with Gasteiger partial charge in [0.1, 0.15) is 0 Å². The van der Waals surface area contributed by atoms with Gasteiger partial charge < -0.3 is 9.84 Å². The van der Waals surface area contributed by atoms with Crippen molar-refractivity contribution in [3.8, 4) is 0 Å². The van der Waals surface area contributed by atoms with Gasteiger partial charge >= 0.3 is 0 Å². The zero-order valence-corrected chi connectivity index (χ0v) is 10.6. The Kier molecular flexibility index (Phi) is 4.15. The number of aliphatic hydroxyl groups excluding tert-OH is 1. The molecule has 2 rings (SSSR count). The summed E-state index contributed by atoms with van der Waals surface area (Å²) in [6.07, 6.45) is 0. The molecule has 1 fully saturated rings. The van der Waals surface area contributed by atoms with E-state index in [0.717, 1.165) is 31.9 Å². The van der Waals surface area contributed by atoms with Gasteiger partial charge in [0.2, 0.25) is 0 Å². The molecule has 1 atom stereocenters. The lowest BCUT2D eigenvalue weighted by molar-refractivity contribution is -0.0322. The topological polar surface area (TPSA) is 50.5 Å². The molecule has 1 aromatic heterocycles. The highest BCUT2D eigenvalue weighted by atomic mass is 16.5. The molecule has 1 unspecified atom stereocenters. The molecule has 1 aliphatic heterocycles. The number of rotatable bonds is 4. The number of nitrogens with zero attached hydrogens (tertiary/aromatic N) is 3. The third kappa shape index (κ3) is 2.86. The molecule has 96 valence electrons. The Balaban J connectivity index is 2.07. The Morgan fingerprint density at radius 1 is 1.59 bits per heavy atom. The van der Waals surface area contributed by atoms with E-state index in [1.165, 1.54) is 5.69 Å². The molecule has 0 radical (unpaired) electrons. The number of hydrogen-bond acceptors (Lipinski definition) is 4. The van der Waals surface area contributed by atoms with Gasteiger partial charge in [-0.05, 0) is 19.9 Å². The van der Waals surface area contributed by atoms with E-state index in [1.54, 1.807) is 0 Å². The van der Waals surface area contributed by atoms with E-state index in [1.807, 2.05) is 11.6 Å². The van der Waals surface area contributed by atoms with E-state index in [-0.39, 0.29) is 12.6 Å². The van der Waals surface area contributed by atoms with E-state index in [0.29, 0.717) is 6.61 Å². The van der Waals surface area contributed by atoms with Crippen LogP contribution in [0, 0.1) is 6.92 Å². The molecule has 0 saturated carbocycles. The van der Waals surface area contributed by atoms with Gasteiger partial charge in [-0.3, -0.25) is 9.58 Å². The van der Waals surface area contributed by atoms with Crippen molar-refractivity contribution in [1.29, 1.82) is 0 Å². The van der Waals surface area contributed by atoms with Crippen LogP contribution < -0.4 is 0 Å². The third-order valence-corrected chi connectivity index (χ3v) is 3.21. The largest absolute Gasteiger partial charge is 0.395 e. The summed E-state index contributed by atoms with van der Waals surface area (Å²) in [5.74, 6) is 0. The van der Waals surface area contributed by atoms with Gasteiger partial charge in [0.15, 0.2) is 0 Å². The summed E-state index contributed by atoms with van der Waals surface area (Å²) in [7, 11) is 0. The highest BCUT2D eigenvalue weighted by Crippen LogP contribution is 2.13. The van der Waals surface area contributed by atoms with Crippen LogP contribution >= 0.6 is 0 Å². The minimum absolute atomic E-state index is 0.115. The first-order chi connectivity index (χ1) is 8.24. The van der Waals surface area contributed by atoms with Crippen LogP contribution in [0.2, 0.25) is 0 Å². The molecule has 1 saturated heterocycles. The predicted molar refractivity (Wildman–Crippen MR) is 64.7 cm³/mol. The lowest BCUT2D eigenvalue weighted by Gasteiger charge is -2.34. The molecule has 2 heterocycles. The summed E-state index contributed by atoms with van der Waals surface area (Å²) >= 11 is 0. The predicted octanol–water partition coefficient (Wildman–Crippen LogP) is 0.405. The molecule has 17 heavy (non-hydrogen) atoms. The fourth-order valence-electron chi connectivity index (χ4n) is 2.27. The van der Waals surface area contributed by atoms with Crippen molar-refractivity contribution in [1.82, 2.24) is 14.7 Å². The summed E-state index contributed by atoms with van der Waals surface area (Å²) in [6.45, 7) is 8.22. The minimum atomic E-state index is 0.115. The first-order valence-electron chi connectivity index (χ1n) is 6.20. The number of ether oxygens (including phenoxy) is 1. The lowest BCUT2D eigenvalue weighted by Crippen LogP contribution is -2.47. The van der Waals surface area contributed by atoms with Crippen LogP contribution in [-0.2, 0) is 17.8 Å². The summed E-state index contributed by atoms with van der Waals surface area (Å²) in [5.41, 5.74) is 2.26. The second-order valence-corrected chi connectivity index (χ2v) is 4.47. The molecular formula is C12H21N3O2. The van der Waals surface area contributed by atoms with Gasteiger partial charge in [0.25, 0.3) is 0 Å².